The number of aryl methyl sites for hydroxylation is 1. The highest BCUT2D eigenvalue weighted by molar-refractivity contribution is 5.94. The zero-order valence-corrected chi connectivity index (χ0v) is 20.3. The fourth-order valence-corrected chi connectivity index (χ4v) is 4.92. The van der Waals surface area contributed by atoms with Crippen LogP contribution in [0.1, 0.15) is 68.2 Å². The van der Waals surface area contributed by atoms with Crippen LogP contribution in [-0.2, 0) is 22.6 Å². The highest BCUT2D eigenvalue weighted by Gasteiger charge is 2.32. The maximum absolute atomic E-state index is 13.4. The van der Waals surface area contributed by atoms with Crippen molar-refractivity contribution < 1.29 is 9.59 Å². The van der Waals surface area contributed by atoms with E-state index in [0.717, 1.165) is 54.3 Å². The van der Waals surface area contributed by atoms with Gasteiger partial charge in [0.25, 0.3) is 0 Å². The molecule has 33 heavy (non-hydrogen) atoms. The summed E-state index contributed by atoms with van der Waals surface area (Å²) in [6.07, 6.45) is 4.27. The van der Waals surface area contributed by atoms with Crippen LogP contribution >= 0.6 is 0 Å². The highest BCUT2D eigenvalue weighted by Crippen LogP contribution is 2.33. The summed E-state index contributed by atoms with van der Waals surface area (Å²) in [5.74, 6) is 1.69. The van der Waals surface area contributed by atoms with Crippen molar-refractivity contribution in [2.45, 2.75) is 71.5 Å². The molecule has 2 aromatic rings. The molecule has 0 bridgehead atoms. The van der Waals surface area contributed by atoms with Crippen LogP contribution in [0.4, 0.5) is 5.82 Å². The van der Waals surface area contributed by atoms with Gasteiger partial charge in [-0.1, -0.05) is 36.8 Å². The molecule has 1 aromatic carbocycles. The van der Waals surface area contributed by atoms with Crippen LogP contribution in [0.3, 0.4) is 0 Å². The fourth-order valence-electron chi connectivity index (χ4n) is 4.92. The van der Waals surface area contributed by atoms with E-state index in [1.807, 2.05) is 30.0 Å². The van der Waals surface area contributed by atoms with Gasteiger partial charge >= 0.3 is 0 Å². The van der Waals surface area contributed by atoms with Crippen LogP contribution in [0.2, 0.25) is 0 Å². The number of hydrogen-bond acceptors (Lipinski definition) is 5. The van der Waals surface area contributed by atoms with Crippen LogP contribution in [-0.4, -0.2) is 57.8 Å². The highest BCUT2D eigenvalue weighted by atomic mass is 16.2. The number of hydrogen-bond donors (Lipinski definition) is 0. The quantitative estimate of drug-likeness (QED) is 0.673. The molecule has 176 valence electrons. The Labute approximate surface area is 196 Å². The standard InChI is InChI=1S/C26H35N5O2/c1-18(2)31(16-20-10-6-5-7-11-20)24(33)17-30-15-9-8-12-22(30)25-27-19(3)21-13-14-23(32)29(4)26(21)28-25/h5-7,10-11,18,22H,8-9,12-17H2,1-4H3/t22-/m1/s1. The van der Waals surface area contributed by atoms with Gasteiger partial charge in [-0.25, -0.2) is 9.97 Å². The minimum Gasteiger partial charge on any atom is -0.335 e. The van der Waals surface area contributed by atoms with Crippen molar-refractivity contribution in [2.24, 2.45) is 0 Å². The average molecular weight is 450 g/mol. The first-order valence-electron chi connectivity index (χ1n) is 12.1. The van der Waals surface area contributed by atoms with E-state index in [4.69, 9.17) is 9.97 Å². The normalized spacial score (nSPS) is 19.0. The van der Waals surface area contributed by atoms with Gasteiger partial charge in [-0.15, -0.1) is 0 Å². The monoisotopic (exact) mass is 449 g/mol. The van der Waals surface area contributed by atoms with Crippen molar-refractivity contribution in [1.82, 2.24) is 19.8 Å². The summed E-state index contributed by atoms with van der Waals surface area (Å²) in [6.45, 7) is 7.95. The molecule has 0 spiro atoms. The number of benzene rings is 1. The zero-order valence-electron chi connectivity index (χ0n) is 20.3. The number of carbonyl (C=O) groups is 2. The summed E-state index contributed by atoms with van der Waals surface area (Å²) >= 11 is 0. The van der Waals surface area contributed by atoms with Gasteiger partial charge in [-0.2, -0.15) is 0 Å². The lowest BCUT2D eigenvalue weighted by molar-refractivity contribution is -0.135. The van der Waals surface area contributed by atoms with Crippen molar-refractivity contribution in [1.29, 1.82) is 0 Å². The maximum atomic E-state index is 13.4. The molecule has 2 aliphatic rings. The minimum atomic E-state index is -0.0112. The molecule has 0 aliphatic carbocycles. The molecule has 1 aromatic heterocycles. The first kappa shape index (κ1) is 23.4. The number of anilines is 1. The maximum Gasteiger partial charge on any atom is 0.237 e. The molecule has 0 saturated carbocycles. The Hall–Kier alpha value is -2.80. The van der Waals surface area contributed by atoms with E-state index in [0.29, 0.717) is 25.9 Å². The molecule has 4 rings (SSSR count). The van der Waals surface area contributed by atoms with E-state index in [-0.39, 0.29) is 23.9 Å². The number of nitrogens with zero attached hydrogens (tertiary/aromatic N) is 5. The van der Waals surface area contributed by atoms with Crippen LogP contribution in [0.15, 0.2) is 30.3 Å². The van der Waals surface area contributed by atoms with Gasteiger partial charge in [-0.3, -0.25) is 19.4 Å². The summed E-state index contributed by atoms with van der Waals surface area (Å²) in [5.41, 5.74) is 3.14. The number of aromatic nitrogens is 2. The van der Waals surface area contributed by atoms with Gasteiger partial charge in [0, 0.05) is 37.3 Å². The molecular weight excluding hydrogens is 414 g/mol. The second-order valence-corrected chi connectivity index (χ2v) is 9.51. The summed E-state index contributed by atoms with van der Waals surface area (Å²) in [6, 6.07) is 10.2. The molecule has 0 unspecified atom stereocenters. The first-order chi connectivity index (χ1) is 15.8. The lowest BCUT2D eigenvalue weighted by Crippen LogP contribution is -2.46. The number of piperidine rings is 1. The molecule has 1 atom stereocenters. The van der Waals surface area contributed by atoms with E-state index in [9.17, 15) is 9.59 Å². The van der Waals surface area contributed by atoms with Crippen LogP contribution in [0.5, 0.6) is 0 Å². The number of amides is 2. The van der Waals surface area contributed by atoms with E-state index < -0.39 is 0 Å². The van der Waals surface area contributed by atoms with Crippen LogP contribution in [0.25, 0.3) is 0 Å². The SMILES string of the molecule is Cc1nc([C@H]2CCCCN2CC(=O)N(Cc2ccccc2)C(C)C)nc2c1CCC(=O)N2C. The van der Waals surface area contributed by atoms with E-state index in [1.54, 1.807) is 11.9 Å². The molecule has 7 heteroatoms. The number of rotatable bonds is 6. The number of likely N-dealkylation sites (tertiary alicyclic amines) is 1. The lowest BCUT2D eigenvalue weighted by Gasteiger charge is -2.37. The molecule has 1 saturated heterocycles. The van der Waals surface area contributed by atoms with Gasteiger partial charge in [0.1, 0.15) is 11.6 Å². The van der Waals surface area contributed by atoms with Crippen molar-refractivity contribution in [3.63, 3.8) is 0 Å². The Morgan fingerprint density at radius 3 is 2.64 bits per heavy atom. The first-order valence-corrected chi connectivity index (χ1v) is 12.1. The number of fused-ring (bicyclic) bond motifs is 1. The topological polar surface area (TPSA) is 69.6 Å². The Kier molecular flexibility index (Phi) is 7.08. The minimum absolute atomic E-state index is 0.0112. The van der Waals surface area contributed by atoms with Gasteiger partial charge in [0.15, 0.2) is 0 Å². The van der Waals surface area contributed by atoms with E-state index in [1.165, 1.54) is 0 Å². The van der Waals surface area contributed by atoms with Crippen molar-refractivity contribution >= 4 is 17.6 Å². The van der Waals surface area contributed by atoms with Gasteiger partial charge in [0.05, 0.1) is 12.6 Å². The van der Waals surface area contributed by atoms with Crippen molar-refractivity contribution in [2.75, 3.05) is 25.0 Å². The summed E-state index contributed by atoms with van der Waals surface area (Å²) in [5, 5.41) is 0. The molecule has 7 nitrogen and oxygen atoms in total. The molecular formula is C26H35N5O2. The Morgan fingerprint density at radius 1 is 1.15 bits per heavy atom. The number of carbonyl (C=O) groups excluding carboxylic acids is 2. The Balaban J connectivity index is 1.56. The predicted octanol–water partition coefficient (Wildman–Crippen LogP) is 3.66. The Bertz CT molecular complexity index is 1010. The second kappa shape index (κ2) is 10.00. The van der Waals surface area contributed by atoms with Gasteiger partial charge in [0.2, 0.25) is 11.8 Å². The third-order valence-corrected chi connectivity index (χ3v) is 6.88. The van der Waals surface area contributed by atoms with Crippen molar-refractivity contribution in [3.8, 4) is 0 Å². The Morgan fingerprint density at radius 2 is 1.91 bits per heavy atom. The molecule has 0 radical (unpaired) electrons. The van der Waals surface area contributed by atoms with E-state index in [2.05, 4.69) is 30.9 Å². The predicted molar refractivity (Wildman–Crippen MR) is 129 cm³/mol. The molecule has 3 heterocycles. The fraction of sp³-hybridized carbons (Fsp3) is 0.538. The second-order valence-electron chi connectivity index (χ2n) is 9.51. The van der Waals surface area contributed by atoms with E-state index >= 15 is 0 Å². The van der Waals surface area contributed by atoms with Crippen molar-refractivity contribution in [3.05, 3.63) is 53.0 Å². The zero-order chi connectivity index (χ0) is 23.5. The summed E-state index contributed by atoms with van der Waals surface area (Å²) in [7, 11) is 1.79. The summed E-state index contributed by atoms with van der Waals surface area (Å²) < 4.78 is 0. The van der Waals surface area contributed by atoms with Crippen LogP contribution in [0, 0.1) is 6.92 Å². The molecule has 0 N–H and O–H groups in total. The molecule has 2 aliphatic heterocycles. The molecule has 1 fully saturated rings. The van der Waals surface area contributed by atoms with Gasteiger partial charge < -0.3 is 4.90 Å². The summed E-state index contributed by atoms with van der Waals surface area (Å²) in [4.78, 5) is 41.2. The third-order valence-electron chi connectivity index (χ3n) is 6.88. The molecule has 2 amide bonds. The average Bonchev–Trinajstić information content (AvgIpc) is 2.80. The van der Waals surface area contributed by atoms with Gasteiger partial charge in [-0.05, 0) is 52.1 Å². The largest absolute Gasteiger partial charge is 0.335 e. The third kappa shape index (κ3) is 5.08. The smallest absolute Gasteiger partial charge is 0.237 e. The lowest BCUT2D eigenvalue weighted by atomic mass is 9.99. The van der Waals surface area contributed by atoms with Crippen LogP contribution < -0.4 is 4.90 Å².